The van der Waals surface area contributed by atoms with Crippen LogP contribution in [-0.4, -0.2) is 37.0 Å². The van der Waals surface area contributed by atoms with E-state index < -0.39 is 11.7 Å². The van der Waals surface area contributed by atoms with Gasteiger partial charge in [-0.3, -0.25) is 9.59 Å². The van der Waals surface area contributed by atoms with E-state index in [2.05, 4.69) is 5.32 Å². The summed E-state index contributed by atoms with van der Waals surface area (Å²) in [6.07, 6.45) is -0.0265. The normalized spacial score (nSPS) is 15.8. The number of anilines is 1. The summed E-state index contributed by atoms with van der Waals surface area (Å²) in [5.41, 5.74) is 1.75. The minimum Gasteiger partial charge on any atom is -0.383 e. The summed E-state index contributed by atoms with van der Waals surface area (Å²) in [7, 11) is 1.55. The fourth-order valence-corrected chi connectivity index (χ4v) is 3.37. The van der Waals surface area contributed by atoms with E-state index in [0.29, 0.717) is 29.4 Å². The van der Waals surface area contributed by atoms with Gasteiger partial charge in [0, 0.05) is 37.3 Å². The number of halogens is 2. The van der Waals surface area contributed by atoms with Crippen molar-refractivity contribution in [3.8, 4) is 0 Å². The smallest absolute Gasteiger partial charge is 0.231 e. The van der Waals surface area contributed by atoms with Crippen LogP contribution in [0.4, 0.5) is 10.1 Å². The van der Waals surface area contributed by atoms with Crippen LogP contribution >= 0.6 is 11.6 Å². The molecule has 0 bridgehead atoms. The van der Waals surface area contributed by atoms with Gasteiger partial charge >= 0.3 is 0 Å². The lowest BCUT2D eigenvalue weighted by atomic mass is 9.89. The van der Waals surface area contributed by atoms with Crippen LogP contribution in [0.15, 0.2) is 42.5 Å². The van der Waals surface area contributed by atoms with E-state index in [1.807, 2.05) is 18.2 Å². The van der Waals surface area contributed by atoms with Gasteiger partial charge in [0.05, 0.1) is 12.5 Å². The number of fused-ring (bicyclic) bond motifs is 1. The molecule has 0 spiro atoms. The molecule has 5 nitrogen and oxygen atoms in total. The Morgan fingerprint density at radius 3 is 2.85 bits per heavy atom. The zero-order valence-corrected chi connectivity index (χ0v) is 15.6. The van der Waals surface area contributed by atoms with Crippen molar-refractivity contribution in [2.24, 2.45) is 0 Å². The number of carbonyl (C=O) groups is 2. The van der Waals surface area contributed by atoms with Gasteiger partial charge in [-0.2, -0.15) is 0 Å². The predicted octanol–water partition coefficient (Wildman–Crippen LogP) is 3.58. The van der Waals surface area contributed by atoms with Crippen molar-refractivity contribution in [1.29, 1.82) is 0 Å². The van der Waals surface area contributed by atoms with Gasteiger partial charge in [-0.05, 0) is 35.4 Å². The largest absolute Gasteiger partial charge is 0.383 e. The molecule has 1 atom stereocenters. The van der Waals surface area contributed by atoms with Crippen molar-refractivity contribution in [1.82, 2.24) is 4.90 Å². The molecule has 2 aromatic carbocycles. The minimum atomic E-state index is -0.746. The van der Waals surface area contributed by atoms with E-state index >= 15 is 0 Å². The number of ether oxygens (including phenoxy) is 1. The fraction of sp³-hybridized carbons (Fsp3) is 0.300. The van der Waals surface area contributed by atoms with Crippen LogP contribution in [0, 0.1) is 5.82 Å². The summed E-state index contributed by atoms with van der Waals surface area (Å²) in [6.45, 7) is 0.957. The third-order valence-corrected chi connectivity index (χ3v) is 4.92. The van der Waals surface area contributed by atoms with Crippen molar-refractivity contribution in [2.75, 3.05) is 25.6 Å². The van der Waals surface area contributed by atoms with Crippen LogP contribution in [0.1, 0.15) is 23.5 Å². The van der Waals surface area contributed by atoms with Crippen molar-refractivity contribution in [2.45, 2.75) is 18.9 Å². The first kappa shape index (κ1) is 19.3. The van der Waals surface area contributed by atoms with Gasteiger partial charge in [-0.1, -0.05) is 29.8 Å². The van der Waals surface area contributed by atoms with Gasteiger partial charge in [0.2, 0.25) is 11.8 Å². The quantitative estimate of drug-likeness (QED) is 0.820. The predicted molar refractivity (Wildman–Crippen MR) is 101 cm³/mol. The standard InChI is InChI=1S/C20H20ClFN2O3/c1-27-9-8-24(12-13-4-2-3-5-17(13)21)20(26)16-11-19(25)23-18-7-6-14(22)10-15(16)18/h2-7,10,16H,8-9,11-12H2,1H3,(H,23,25)/t16-/m0/s1. The summed E-state index contributed by atoms with van der Waals surface area (Å²) < 4.78 is 18.9. The summed E-state index contributed by atoms with van der Waals surface area (Å²) in [6, 6.07) is 11.3. The molecule has 1 aliphatic heterocycles. The Kier molecular flexibility index (Phi) is 6.08. The molecule has 1 aliphatic rings. The maximum Gasteiger partial charge on any atom is 0.231 e. The molecule has 0 unspecified atom stereocenters. The van der Waals surface area contributed by atoms with E-state index in [1.54, 1.807) is 18.1 Å². The van der Waals surface area contributed by atoms with Crippen LogP contribution in [0.25, 0.3) is 0 Å². The third kappa shape index (κ3) is 4.46. The van der Waals surface area contributed by atoms with Crippen LogP contribution in [-0.2, 0) is 20.9 Å². The molecule has 0 fully saturated rings. The number of hydrogen-bond donors (Lipinski definition) is 1. The summed E-state index contributed by atoms with van der Waals surface area (Å²) in [4.78, 5) is 26.9. The van der Waals surface area contributed by atoms with Gasteiger partial charge in [0.25, 0.3) is 0 Å². The van der Waals surface area contributed by atoms with Crippen molar-refractivity contribution < 1.29 is 18.7 Å². The average molecular weight is 391 g/mol. The van der Waals surface area contributed by atoms with Crippen LogP contribution in [0.3, 0.4) is 0 Å². The third-order valence-electron chi connectivity index (χ3n) is 4.55. The first-order chi connectivity index (χ1) is 13.0. The number of amides is 2. The second kappa shape index (κ2) is 8.50. The zero-order chi connectivity index (χ0) is 19.4. The number of benzene rings is 2. The first-order valence-electron chi connectivity index (χ1n) is 8.60. The molecule has 0 saturated heterocycles. The molecule has 27 heavy (non-hydrogen) atoms. The Labute approximate surface area is 162 Å². The molecule has 2 aromatic rings. The summed E-state index contributed by atoms with van der Waals surface area (Å²) in [5, 5.41) is 3.25. The molecule has 142 valence electrons. The highest BCUT2D eigenvalue weighted by atomic mass is 35.5. The Morgan fingerprint density at radius 1 is 1.33 bits per heavy atom. The number of nitrogens with one attached hydrogen (secondary N) is 1. The van der Waals surface area contributed by atoms with Crippen LogP contribution in [0.2, 0.25) is 5.02 Å². The number of rotatable bonds is 6. The molecular weight excluding hydrogens is 371 g/mol. The molecule has 1 heterocycles. The highest BCUT2D eigenvalue weighted by molar-refractivity contribution is 6.31. The first-order valence-corrected chi connectivity index (χ1v) is 8.98. The summed E-state index contributed by atoms with van der Waals surface area (Å²) >= 11 is 6.23. The monoisotopic (exact) mass is 390 g/mol. The van der Waals surface area contributed by atoms with E-state index in [9.17, 15) is 14.0 Å². The van der Waals surface area contributed by atoms with Crippen molar-refractivity contribution >= 4 is 29.1 Å². The van der Waals surface area contributed by atoms with Gasteiger partial charge in [0.15, 0.2) is 0 Å². The molecule has 7 heteroatoms. The number of methoxy groups -OCH3 is 1. The Balaban J connectivity index is 1.91. The second-order valence-corrected chi connectivity index (χ2v) is 6.79. The number of hydrogen-bond acceptors (Lipinski definition) is 3. The van der Waals surface area contributed by atoms with Gasteiger partial charge in [-0.15, -0.1) is 0 Å². The van der Waals surface area contributed by atoms with Gasteiger partial charge < -0.3 is 15.0 Å². The van der Waals surface area contributed by atoms with Gasteiger partial charge in [-0.25, -0.2) is 4.39 Å². The van der Waals surface area contributed by atoms with Crippen LogP contribution < -0.4 is 5.32 Å². The van der Waals surface area contributed by atoms with Crippen LogP contribution in [0.5, 0.6) is 0 Å². The topological polar surface area (TPSA) is 58.6 Å². The molecule has 0 aromatic heterocycles. The zero-order valence-electron chi connectivity index (χ0n) is 14.9. The molecule has 1 N–H and O–H groups in total. The van der Waals surface area contributed by atoms with E-state index in [0.717, 1.165) is 5.56 Å². The van der Waals surface area contributed by atoms with E-state index in [1.165, 1.54) is 18.2 Å². The molecule has 3 rings (SSSR count). The number of carbonyl (C=O) groups excluding carboxylic acids is 2. The Hall–Kier alpha value is -2.44. The van der Waals surface area contributed by atoms with E-state index in [4.69, 9.17) is 16.3 Å². The average Bonchev–Trinajstić information content (AvgIpc) is 2.65. The van der Waals surface area contributed by atoms with Crippen molar-refractivity contribution in [3.05, 3.63) is 64.4 Å². The summed E-state index contributed by atoms with van der Waals surface area (Å²) in [5.74, 6) is -1.72. The maximum absolute atomic E-state index is 13.8. The molecule has 2 amide bonds. The Morgan fingerprint density at radius 2 is 2.11 bits per heavy atom. The van der Waals surface area contributed by atoms with Crippen molar-refractivity contribution in [3.63, 3.8) is 0 Å². The lowest BCUT2D eigenvalue weighted by molar-refractivity contribution is -0.136. The minimum absolute atomic E-state index is 0.0265. The lowest BCUT2D eigenvalue weighted by Gasteiger charge is -2.31. The second-order valence-electron chi connectivity index (χ2n) is 6.38. The molecule has 0 saturated carbocycles. The highest BCUT2D eigenvalue weighted by Gasteiger charge is 2.34. The number of nitrogens with zero attached hydrogens (tertiary/aromatic N) is 1. The molecular formula is C20H20ClFN2O3. The van der Waals surface area contributed by atoms with Gasteiger partial charge in [0.1, 0.15) is 5.82 Å². The Bertz CT molecular complexity index is 859. The molecule has 0 aliphatic carbocycles. The maximum atomic E-state index is 13.8. The fourth-order valence-electron chi connectivity index (χ4n) is 3.17. The SMILES string of the molecule is COCCN(Cc1ccccc1Cl)C(=O)[C@H]1CC(=O)Nc2ccc(F)cc21. The molecule has 0 radical (unpaired) electrons. The lowest BCUT2D eigenvalue weighted by Crippen LogP contribution is -2.40. The highest BCUT2D eigenvalue weighted by Crippen LogP contribution is 2.34. The van der Waals surface area contributed by atoms with E-state index in [-0.39, 0.29) is 24.8 Å².